The van der Waals surface area contributed by atoms with Crippen molar-refractivity contribution in [1.29, 1.82) is 0 Å². The maximum atomic E-state index is 2.49. The third-order valence-corrected chi connectivity index (χ3v) is 3.13. The van der Waals surface area contributed by atoms with Gasteiger partial charge >= 0.3 is 0 Å². The van der Waals surface area contributed by atoms with E-state index in [0.717, 1.165) is 11.8 Å². The lowest BCUT2D eigenvalue weighted by Gasteiger charge is -2.33. The zero-order valence-electron chi connectivity index (χ0n) is 7.92. The van der Waals surface area contributed by atoms with Crippen LogP contribution in [0.1, 0.15) is 39.0 Å². The van der Waals surface area contributed by atoms with Gasteiger partial charge in [0.2, 0.25) is 0 Å². The van der Waals surface area contributed by atoms with Crippen LogP contribution in [-0.2, 0) is 0 Å². The second-order valence-electron chi connectivity index (χ2n) is 4.10. The number of hydrogen-bond acceptors (Lipinski definition) is 0. The smallest absolute Gasteiger partial charge is 0.00228 e. The Hall–Kier alpha value is -0.520. The minimum Gasteiger partial charge on any atom is -0.0847 e. The van der Waals surface area contributed by atoms with Gasteiger partial charge in [0, 0.05) is 0 Å². The van der Waals surface area contributed by atoms with E-state index in [2.05, 4.69) is 25.2 Å². The van der Waals surface area contributed by atoms with Crippen LogP contribution in [0.2, 0.25) is 0 Å². The molecule has 2 atom stereocenters. The highest BCUT2D eigenvalue weighted by Gasteiger charge is 2.26. The fourth-order valence-electron chi connectivity index (χ4n) is 2.38. The van der Waals surface area contributed by atoms with Crippen molar-refractivity contribution in [2.24, 2.45) is 11.8 Å². The average molecular weight is 162 g/mol. The minimum absolute atomic E-state index is 0.821. The summed E-state index contributed by atoms with van der Waals surface area (Å²) in [6.07, 6.45) is 14.1. The fourth-order valence-corrected chi connectivity index (χ4v) is 2.38. The maximum Gasteiger partial charge on any atom is -0.00228 e. The third kappa shape index (κ3) is 1.48. The van der Waals surface area contributed by atoms with E-state index in [1.54, 1.807) is 5.57 Å². The van der Waals surface area contributed by atoms with Crippen molar-refractivity contribution in [2.75, 3.05) is 0 Å². The van der Waals surface area contributed by atoms with Gasteiger partial charge in [-0.25, -0.2) is 0 Å². The summed E-state index contributed by atoms with van der Waals surface area (Å²) in [5.74, 6) is 1.71. The van der Waals surface area contributed by atoms with Gasteiger partial charge in [0.1, 0.15) is 0 Å². The third-order valence-electron chi connectivity index (χ3n) is 3.13. The summed E-state index contributed by atoms with van der Waals surface area (Å²) in [6, 6.07) is 0. The van der Waals surface area contributed by atoms with E-state index >= 15 is 0 Å². The summed E-state index contributed by atoms with van der Waals surface area (Å²) in [7, 11) is 0. The van der Waals surface area contributed by atoms with Crippen LogP contribution in [0.25, 0.3) is 0 Å². The first-order valence-electron chi connectivity index (χ1n) is 5.27. The van der Waals surface area contributed by atoms with Crippen LogP contribution in [0.15, 0.2) is 23.8 Å². The second-order valence-corrected chi connectivity index (χ2v) is 4.10. The molecule has 66 valence electrons. The first kappa shape index (κ1) is 8.10. The molecule has 3 aliphatic carbocycles. The molecule has 0 heteroatoms. The van der Waals surface area contributed by atoms with Crippen molar-refractivity contribution < 1.29 is 0 Å². The Morgan fingerprint density at radius 2 is 2.33 bits per heavy atom. The number of hydrogen-bond donors (Lipinski definition) is 0. The Balaban J connectivity index is 2.06. The zero-order valence-corrected chi connectivity index (χ0v) is 7.92. The quantitative estimate of drug-likeness (QED) is 0.543. The first-order valence-corrected chi connectivity index (χ1v) is 5.27. The lowest BCUT2D eigenvalue weighted by molar-refractivity contribution is 0.409. The van der Waals surface area contributed by atoms with E-state index in [1.165, 1.54) is 32.1 Å². The Labute approximate surface area is 75.4 Å². The van der Waals surface area contributed by atoms with E-state index in [0.29, 0.717) is 0 Å². The maximum absolute atomic E-state index is 2.49. The van der Waals surface area contributed by atoms with Gasteiger partial charge in [-0.15, -0.1) is 0 Å². The largest absolute Gasteiger partial charge is 0.0847 e. The van der Waals surface area contributed by atoms with Crippen molar-refractivity contribution in [3.63, 3.8) is 0 Å². The molecule has 3 aliphatic rings. The molecule has 3 rings (SSSR count). The van der Waals surface area contributed by atoms with Gasteiger partial charge in [-0.05, 0) is 37.5 Å². The van der Waals surface area contributed by atoms with Crippen LogP contribution in [0.3, 0.4) is 0 Å². The van der Waals surface area contributed by atoms with Crippen LogP contribution >= 0.6 is 0 Å². The summed E-state index contributed by atoms with van der Waals surface area (Å²) < 4.78 is 0. The van der Waals surface area contributed by atoms with Crippen molar-refractivity contribution in [3.05, 3.63) is 23.8 Å². The highest BCUT2D eigenvalue weighted by Crippen LogP contribution is 2.39. The molecule has 0 aromatic heterocycles. The van der Waals surface area contributed by atoms with Gasteiger partial charge in [-0.1, -0.05) is 37.1 Å². The molecule has 1 saturated carbocycles. The monoisotopic (exact) mass is 162 g/mol. The SMILES string of the molecule is CCC/C=C1\CC2C=CC1CC2. The molecule has 0 N–H and O–H groups in total. The Morgan fingerprint density at radius 1 is 1.42 bits per heavy atom. The minimum atomic E-state index is 0.821. The van der Waals surface area contributed by atoms with Gasteiger partial charge in [0.05, 0.1) is 0 Å². The predicted octanol–water partition coefficient (Wildman–Crippen LogP) is 3.70. The van der Waals surface area contributed by atoms with Crippen LogP contribution in [0, 0.1) is 11.8 Å². The Bertz CT molecular complexity index is 210. The molecular weight excluding hydrogens is 144 g/mol. The highest BCUT2D eigenvalue weighted by atomic mass is 14.3. The topological polar surface area (TPSA) is 0 Å². The standard InChI is InChI=1S/C12H18/c1-2-3-4-12-9-10-5-7-11(12)8-6-10/h4-5,7,10-11H,2-3,6,8-9H2,1H3/b12-4+. The summed E-state index contributed by atoms with van der Waals surface area (Å²) in [5.41, 5.74) is 1.73. The molecule has 12 heavy (non-hydrogen) atoms. The Morgan fingerprint density at radius 3 is 2.83 bits per heavy atom. The molecular formula is C12H18. The van der Waals surface area contributed by atoms with E-state index < -0.39 is 0 Å². The van der Waals surface area contributed by atoms with Gasteiger partial charge in [0.25, 0.3) is 0 Å². The molecule has 2 bridgehead atoms. The Kier molecular flexibility index (Phi) is 2.34. The normalized spacial score (nSPS) is 36.2. The predicted molar refractivity (Wildman–Crippen MR) is 53.0 cm³/mol. The molecule has 0 heterocycles. The summed E-state index contributed by atoms with van der Waals surface area (Å²) in [5, 5.41) is 0. The average Bonchev–Trinajstić information content (AvgIpc) is 2.17. The molecule has 0 nitrogen and oxygen atoms in total. The van der Waals surface area contributed by atoms with Gasteiger partial charge in [0.15, 0.2) is 0 Å². The van der Waals surface area contributed by atoms with Crippen molar-refractivity contribution in [3.8, 4) is 0 Å². The molecule has 0 aliphatic heterocycles. The van der Waals surface area contributed by atoms with Crippen LogP contribution in [0.4, 0.5) is 0 Å². The molecule has 0 aromatic rings. The molecule has 0 aromatic carbocycles. The van der Waals surface area contributed by atoms with Crippen LogP contribution < -0.4 is 0 Å². The molecule has 2 unspecified atom stereocenters. The van der Waals surface area contributed by atoms with E-state index in [1.807, 2.05) is 0 Å². The molecule has 0 radical (unpaired) electrons. The molecule has 0 spiro atoms. The number of fused-ring (bicyclic) bond motifs is 2. The van der Waals surface area contributed by atoms with Gasteiger partial charge in [-0.2, -0.15) is 0 Å². The van der Waals surface area contributed by atoms with Crippen LogP contribution in [-0.4, -0.2) is 0 Å². The van der Waals surface area contributed by atoms with E-state index in [-0.39, 0.29) is 0 Å². The van der Waals surface area contributed by atoms with E-state index in [9.17, 15) is 0 Å². The molecule has 0 saturated heterocycles. The summed E-state index contributed by atoms with van der Waals surface area (Å²) in [4.78, 5) is 0. The van der Waals surface area contributed by atoms with Gasteiger partial charge < -0.3 is 0 Å². The number of allylic oxidation sites excluding steroid dienone is 4. The summed E-state index contributed by atoms with van der Waals surface area (Å²) >= 11 is 0. The van der Waals surface area contributed by atoms with Gasteiger partial charge in [-0.3, -0.25) is 0 Å². The molecule has 1 fully saturated rings. The van der Waals surface area contributed by atoms with Crippen molar-refractivity contribution in [1.82, 2.24) is 0 Å². The summed E-state index contributed by atoms with van der Waals surface area (Å²) in [6.45, 7) is 2.26. The van der Waals surface area contributed by atoms with Crippen LogP contribution in [0.5, 0.6) is 0 Å². The first-order chi connectivity index (χ1) is 5.90. The second kappa shape index (κ2) is 3.47. The number of rotatable bonds is 2. The lowest BCUT2D eigenvalue weighted by Crippen LogP contribution is -2.19. The van der Waals surface area contributed by atoms with Crippen molar-refractivity contribution in [2.45, 2.75) is 39.0 Å². The molecule has 0 amide bonds. The highest BCUT2D eigenvalue weighted by molar-refractivity contribution is 5.23. The lowest BCUT2D eigenvalue weighted by atomic mass is 9.72. The zero-order chi connectivity index (χ0) is 8.39. The number of unbranched alkanes of at least 4 members (excludes halogenated alkanes) is 1. The van der Waals surface area contributed by atoms with E-state index in [4.69, 9.17) is 0 Å². The van der Waals surface area contributed by atoms with Crippen molar-refractivity contribution >= 4 is 0 Å². The fraction of sp³-hybridized carbons (Fsp3) is 0.667.